The van der Waals surface area contributed by atoms with Gasteiger partial charge in [0.05, 0.1) is 0 Å². The van der Waals surface area contributed by atoms with Crippen LogP contribution in [0, 0.1) is 0 Å². The smallest absolute Gasteiger partial charge is 0.306 e. The summed E-state index contributed by atoms with van der Waals surface area (Å²) in [5.41, 5.74) is 0. The molecule has 0 rings (SSSR count). The molecule has 0 spiro atoms. The van der Waals surface area contributed by atoms with Crippen molar-refractivity contribution in [3.05, 3.63) is 72.9 Å². The SMILES string of the molecule is CC/C=C\C/C=C\C/C=C\C/C=C\C/C=C\C/C=C\CCCCCCCCCCCCCCC(=O)OCC(COC(=O)CCCCCCCCCCCCCCCCC)OC(=O)CCCCCCCCCCCCCCCCCCCC. The quantitative estimate of drug-likeness (QED) is 0.0261. The van der Waals surface area contributed by atoms with Crippen molar-refractivity contribution in [3.63, 3.8) is 0 Å². The van der Waals surface area contributed by atoms with Crippen LogP contribution in [0.3, 0.4) is 0 Å². The minimum absolute atomic E-state index is 0.0687. The maximum absolute atomic E-state index is 13.0. The molecule has 0 bridgehead atoms. The lowest BCUT2D eigenvalue weighted by Crippen LogP contribution is -2.30. The fourth-order valence-corrected chi connectivity index (χ4v) is 10.6. The molecule has 0 heterocycles. The molecule has 0 fully saturated rings. The zero-order valence-corrected chi connectivity index (χ0v) is 54.8. The first kappa shape index (κ1) is 78.8. The first-order chi connectivity index (χ1) is 40.5. The number of hydrogen-bond donors (Lipinski definition) is 0. The van der Waals surface area contributed by atoms with Crippen LogP contribution in [-0.2, 0) is 28.6 Å². The Hall–Kier alpha value is -3.15. The number of rotatable bonds is 66. The van der Waals surface area contributed by atoms with Gasteiger partial charge in [-0.3, -0.25) is 14.4 Å². The summed E-state index contributed by atoms with van der Waals surface area (Å²) in [6.07, 6.45) is 92.1. The summed E-state index contributed by atoms with van der Waals surface area (Å²) in [6.45, 7) is 6.59. The third-order valence-electron chi connectivity index (χ3n) is 16.0. The molecular weight excluding hydrogens is 1010 g/mol. The van der Waals surface area contributed by atoms with Crippen molar-refractivity contribution >= 4 is 17.9 Å². The Kier molecular flexibility index (Phi) is 67.6. The van der Waals surface area contributed by atoms with Crippen LogP contribution in [0.4, 0.5) is 0 Å². The molecule has 0 aliphatic heterocycles. The van der Waals surface area contributed by atoms with Crippen LogP contribution < -0.4 is 0 Å². The minimum Gasteiger partial charge on any atom is -0.462 e. The first-order valence-electron chi connectivity index (χ1n) is 35.9. The molecule has 0 aromatic rings. The van der Waals surface area contributed by atoms with Gasteiger partial charge in [-0.15, -0.1) is 0 Å². The molecule has 1 unspecified atom stereocenters. The number of carbonyl (C=O) groups excluding carboxylic acids is 3. The number of allylic oxidation sites excluding steroid dienone is 12. The zero-order chi connectivity index (χ0) is 59.2. The van der Waals surface area contributed by atoms with Crippen molar-refractivity contribution in [2.45, 2.75) is 380 Å². The molecule has 0 aliphatic carbocycles. The van der Waals surface area contributed by atoms with Crippen LogP contribution in [0.1, 0.15) is 374 Å². The largest absolute Gasteiger partial charge is 0.462 e. The number of ether oxygens (including phenoxy) is 3. The highest BCUT2D eigenvalue weighted by Gasteiger charge is 2.19. The van der Waals surface area contributed by atoms with Gasteiger partial charge in [-0.05, 0) is 70.6 Å². The Morgan fingerprint density at radius 2 is 0.476 bits per heavy atom. The van der Waals surface area contributed by atoms with Crippen molar-refractivity contribution < 1.29 is 28.6 Å². The average molecular weight is 1150 g/mol. The van der Waals surface area contributed by atoms with Crippen LogP contribution in [0.5, 0.6) is 0 Å². The molecule has 6 nitrogen and oxygen atoms in total. The van der Waals surface area contributed by atoms with E-state index in [-0.39, 0.29) is 31.1 Å². The Labute approximate surface area is 510 Å². The number of unbranched alkanes of at least 4 members (excludes halogenated alkanes) is 43. The molecule has 0 saturated carbocycles. The Morgan fingerprint density at radius 1 is 0.256 bits per heavy atom. The Bertz CT molecular complexity index is 1500. The molecule has 476 valence electrons. The van der Waals surface area contributed by atoms with E-state index in [4.69, 9.17) is 14.2 Å². The number of esters is 3. The van der Waals surface area contributed by atoms with E-state index in [2.05, 4.69) is 93.7 Å². The van der Waals surface area contributed by atoms with E-state index in [1.807, 2.05) is 0 Å². The Balaban J connectivity index is 4.24. The highest BCUT2D eigenvalue weighted by Crippen LogP contribution is 2.18. The molecular formula is C76H136O6. The van der Waals surface area contributed by atoms with Crippen LogP contribution in [-0.4, -0.2) is 37.2 Å². The predicted octanol–water partition coefficient (Wildman–Crippen LogP) is 24.8. The van der Waals surface area contributed by atoms with Crippen LogP contribution >= 0.6 is 0 Å². The number of hydrogen-bond acceptors (Lipinski definition) is 6. The van der Waals surface area contributed by atoms with Crippen molar-refractivity contribution in [3.8, 4) is 0 Å². The van der Waals surface area contributed by atoms with E-state index in [0.29, 0.717) is 19.3 Å². The lowest BCUT2D eigenvalue weighted by molar-refractivity contribution is -0.167. The van der Waals surface area contributed by atoms with Gasteiger partial charge in [-0.2, -0.15) is 0 Å². The second-order valence-electron chi connectivity index (χ2n) is 24.1. The molecule has 82 heavy (non-hydrogen) atoms. The monoisotopic (exact) mass is 1150 g/mol. The van der Waals surface area contributed by atoms with Gasteiger partial charge in [0.1, 0.15) is 13.2 Å². The van der Waals surface area contributed by atoms with E-state index < -0.39 is 6.10 Å². The van der Waals surface area contributed by atoms with Gasteiger partial charge in [0, 0.05) is 19.3 Å². The summed E-state index contributed by atoms with van der Waals surface area (Å²) in [5.74, 6) is -0.844. The van der Waals surface area contributed by atoms with Crippen LogP contribution in [0.15, 0.2) is 72.9 Å². The summed E-state index contributed by atoms with van der Waals surface area (Å²) in [5, 5.41) is 0. The summed E-state index contributed by atoms with van der Waals surface area (Å²) < 4.78 is 17.0. The van der Waals surface area contributed by atoms with E-state index in [9.17, 15) is 14.4 Å². The van der Waals surface area contributed by atoms with E-state index in [1.54, 1.807) is 0 Å². The topological polar surface area (TPSA) is 78.9 Å². The summed E-state index contributed by atoms with van der Waals surface area (Å²) in [6, 6.07) is 0. The summed E-state index contributed by atoms with van der Waals surface area (Å²) in [4.78, 5) is 38.5. The van der Waals surface area contributed by atoms with Crippen molar-refractivity contribution in [2.24, 2.45) is 0 Å². The normalized spacial score (nSPS) is 12.5. The van der Waals surface area contributed by atoms with Gasteiger partial charge in [0.2, 0.25) is 0 Å². The van der Waals surface area contributed by atoms with Gasteiger partial charge in [-0.1, -0.05) is 357 Å². The predicted molar refractivity (Wildman–Crippen MR) is 358 cm³/mol. The lowest BCUT2D eigenvalue weighted by Gasteiger charge is -2.18. The van der Waals surface area contributed by atoms with Crippen molar-refractivity contribution in [2.75, 3.05) is 13.2 Å². The maximum atomic E-state index is 13.0. The zero-order valence-electron chi connectivity index (χ0n) is 54.8. The highest BCUT2D eigenvalue weighted by atomic mass is 16.6. The van der Waals surface area contributed by atoms with Crippen LogP contribution in [0.25, 0.3) is 0 Å². The third kappa shape index (κ3) is 67.6. The molecule has 0 aromatic carbocycles. The van der Waals surface area contributed by atoms with Crippen molar-refractivity contribution in [1.82, 2.24) is 0 Å². The standard InChI is InChI=1S/C76H136O6/c1-4-7-10-13-16-19-22-25-28-30-32-33-34-35-36-37-38-39-40-41-42-43-44-46-48-51-54-57-60-63-66-69-75(78)81-72-73(71-80-74(77)68-65-62-59-56-53-50-47-27-24-21-18-15-12-9-6-3)82-76(79)70-67-64-61-58-55-52-49-45-31-29-26-23-20-17-14-11-8-5-2/h7,10,16,19,25,28,32-33,35-36,38-39,73H,4-6,8-9,11-15,17-18,20-24,26-27,29-31,34,37,40-72H2,1-3H3/b10-7-,19-16-,28-25-,33-32-,36-35-,39-38-. The molecule has 0 amide bonds. The molecule has 1 atom stereocenters. The number of carbonyl (C=O) groups is 3. The van der Waals surface area contributed by atoms with Gasteiger partial charge in [0.25, 0.3) is 0 Å². The molecule has 0 radical (unpaired) electrons. The molecule has 0 N–H and O–H groups in total. The van der Waals surface area contributed by atoms with Crippen LogP contribution in [0.2, 0.25) is 0 Å². The minimum atomic E-state index is -0.773. The van der Waals surface area contributed by atoms with E-state index >= 15 is 0 Å². The summed E-state index contributed by atoms with van der Waals surface area (Å²) in [7, 11) is 0. The lowest BCUT2D eigenvalue weighted by atomic mass is 10.0. The van der Waals surface area contributed by atoms with Gasteiger partial charge in [0.15, 0.2) is 6.10 Å². The third-order valence-corrected chi connectivity index (χ3v) is 16.0. The fraction of sp³-hybridized carbons (Fsp3) is 0.803. The molecule has 0 saturated heterocycles. The molecule has 0 aromatic heterocycles. The van der Waals surface area contributed by atoms with Gasteiger partial charge >= 0.3 is 17.9 Å². The first-order valence-corrected chi connectivity index (χ1v) is 35.9. The van der Waals surface area contributed by atoms with E-state index in [1.165, 1.54) is 238 Å². The second kappa shape index (κ2) is 70.3. The van der Waals surface area contributed by atoms with E-state index in [0.717, 1.165) is 96.3 Å². The van der Waals surface area contributed by atoms with Gasteiger partial charge in [-0.25, -0.2) is 0 Å². The van der Waals surface area contributed by atoms with Gasteiger partial charge < -0.3 is 14.2 Å². The maximum Gasteiger partial charge on any atom is 0.306 e. The van der Waals surface area contributed by atoms with Crippen molar-refractivity contribution in [1.29, 1.82) is 0 Å². The molecule has 0 aliphatic rings. The fourth-order valence-electron chi connectivity index (χ4n) is 10.6. The average Bonchev–Trinajstić information content (AvgIpc) is 3.47. The summed E-state index contributed by atoms with van der Waals surface area (Å²) >= 11 is 0. The Morgan fingerprint density at radius 3 is 0.744 bits per heavy atom. The molecule has 6 heteroatoms. The second-order valence-corrected chi connectivity index (χ2v) is 24.1. The highest BCUT2D eigenvalue weighted by molar-refractivity contribution is 5.71.